The number of amides is 1. The minimum absolute atomic E-state index is 0. The maximum Gasteiger partial charge on any atom is 0.228 e. The lowest BCUT2D eigenvalue weighted by Crippen LogP contribution is -2.53. The normalized spacial score (nSPS) is 28.8. The topological polar surface area (TPSA) is 41.6 Å². The summed E-state index contributed by atoms with van der Waals surface area (Å²) >= 11 is 0. The zero-order valence-electron chi connectivity index (χ0n) is 13.0. The van der Waals surface area contributed by atoms with Gasteiger partial charge in [0.1, 0.15) is 0 Å². The van der Waals surface area contributed by atoms with Gasteiger partial charge < -0.3 is 15.0 Å². The number of nitrogens with zero attached hydrogens (tertiary/aromatic N) is 1. The molecule has 122 valence electrons. The molecule has 1 amide bonds. The summed E-state index contributed by atoms with van der Waals surface area (Å²) < 4.78 is 5.95. The van der Waals surface area contributed by atoms with Crippen molar-refractivity contribution >= 4 is 18.3 Å². The minimum Gasteiger partial charge on any atom is -0.373 e. The van der Waals surface area contributed by atoms with Gasteiger partial charge in [-0.25, -0.2) is 0 Å². The predicted octanol–water partition coefficient (Wildman–Crippen LogP) is 2.40. The highest BCUT2D eigenvalue weighted by Crippen LogP contribution is 2.35. The van der Waals surface area contributed by atoms with E-state index in [0.717, 1.165) is 44.6 Å². The van der Waals surface area contributed by atoms with Crippen LogP contribution in [0.4, 0.5) is 0 Å². The van der Waals surface area contributed by atoms with E-state index in [2.05, 4.69) is 24.4 Å². The number of nitrogens with one attached hydrogen (secondary N) is 1. The second-order valence-electron chi connectivity index (χ2n) is 6.09. The number of carbonyl (C=O) groups is 1. The zero-order chi connectivity index (χ0) is 14.7. The number of hydrogen-bond acceptors (Lipinski definition) is 3. The lowest BCUT2D eigenvalue weighted by atomic mass is 9.88. The van der Waals surface area contributed by atoms with Crippen LogP contribution >= 0.6 is 12.4 Å². The number of rotatable bonds is 2. The second kappa shape index (κ2) is 7.95. The van der Waals surface area contributed by atoms with E-state index in [-0.39, 0.29) is 30.3 Å². The summed E-state index contributed by atoms with van der Waals surface area (Å²) in [4.78, 5) is 14.9. The molecule has 0 aromatic heterocycles. The molecule has 3 rings (SSSR count). The van der Waals surface area contributed by atoms with Gasteiger partial charge in [0, 0.05) is 32.3 Å². The van der Waals surface area contributed by atoms with Crippen LogP contribution in [0.1, 0.15) is 31.4 Å². The summed E-state index contributed by atoms with van der Waals surface area (Å²) in [5, 5.41) is 3.39. The lowest BCUT2D eigenvalue weighted by Gasteiger charge is -2.38. The van der Waals surface area contributed by atoms with Crippen LogP contribution in [0.3, 0.4) is 0 Å². The fourth-order valence-electron chi connectivity index (χ4n) is 3.37. The van der Waals surface area contributed by atoms with Crippen LogP contribution in [-0.2, 0) is 9.53 Å². The van der Waals surface area contributed by atoms with E-state index >= 15 is 0 Å². The molecule has 0 bridgehead atoms. The Morgan fingerprint density at radius 1 is 1.32 bits per heavy atom. The average Bonchev–Trinajstić information content (AvgIpc) is 2.55. The quantitative estimate of drug-likeness (QED) is 0.908. The third-order valence-electron chi connectivity index (χ3n) is 4.45. The monoisotopic (exact) mass is 324 g/mol. The van der Waals surface area contributed by atoms with Crippen LogP contribution in [0.2, 0.25) is 0 Å². The standard InChI is InChI=1S/C17H24N2O2.ClH/c1-13-12-19(10-9-18-13)17(20)15-8-5-11-21-16(15)14-6-3-2-4-7-14;/h2-4,6-7,13,15-16,18H,5,8-12H2,1H3;1H. The Morgan fingerprint density at radius 2 is 2.09 bits per heavy atom. The molecule has 2 heterocycles. The SMILES string of the molecule is CC1CN(C(=O)C2CCCOC2c2ccccc2)CCN1.Cl. The van der Waals surface area contributed by atoms with E-state index in [4.69, 9.17) is 4.74 Å². The van der Waals surface area contributed by atoms with Crippen molar-refractivity contribution in [3.8, 4) is 0 Å². The molecule has 2 saturated heterocycles. The molecule has 22 heavy (non-hydrogen) atoms. The lowest BCUT2D eigenvalue weighted by molar-refractivity contribution is -0.146. The number of halogens is 1. The Balaban J connectivity index is 0.00000176. The summed E-state index contributed by atoms with van der Waals surface area (Å²) in [6, 6.07) is 10.5. The van der Waals surface area contributed by atoms with Crippen LogP contribution in [0.25, 0.3) is 0 Å². The molecule has 1 aromatic carbocycles. The van der Waals surface area contributed by atoms with E-state index in [0.29, 0.717) is 6.04 Å². The fraction of sp³-hybridized carbons (Fsp3) is 0.588. The Labute approximate surface area is 138 Å². The van der Waals surface area contributed by atoms with Gasteiger partial charge in [0.15, 0.2) is 0 Å². The highest BCUT2D eigenvalue weighted by molar-refractivity contribution is 5.85. The Hall–Kier alpha value is -1.10. The number of ether oxygens (including phenoxy) is 1. The van der Waals surface area contributed by atoms with Crippen LogP contribution in [0.15, 0.2) is 30.3 Å². The summed E-state index contributed by atoms with van der Waals surface area (Å²) in [6.45, 7) is 5.38. The van der Waals surface area contributed by atoms with Gasteiger partial charge in [0.25, 0.3) is 0 Å². The number of benzene rings is 1. The molecule has 2 aliphatic rings. The molecule has 2 aliphatic heterocycles. The molecule has 5 heteroatoms. The molecule has 0 spiro atoms. The molecule has 0 radical (unpaired) electrons. The van der Waals surface area contributed by atoms with Crippen LogP contribution < -0.4 is 5.32 Å². The van der Waals surface area contributed by atoms with Gasteiger partial charge in [-0.3, -0.25) is 4.79 Å². The van der Waals surface area contributed by atoms with Crippen molar-refractivity contribution in [3.63, 3.8) is 0 Å². The fourth-order valence-corrected chi connectivity index (χ4v) is 3.37. The first-order valence-corrected chi connectivity index (χ1v) is 7.94. The first-order chi connectivity index (χ1) is 10.3. The van der Waals surface area contributed by atoms with Gasteiger partial charge in [0.05, 0.1) is 12.0 Å². The molecule has 0 saturated carbocycles. The summed E-state index contributed by atoms with van der Waals surface area (Å²) in [5.74, 6) is 0.225. The molecule has 1 N–H and O–H groups in total. The number of carbonyl (C=O) groups excluding carboxylic acids is 1. The Morgan fingerprint density at radius 3 is 2.82 bits per heavy atom. The summed E-state index contributed by atoms with van der Waals surface area (Å²) in [5.41, 5.74) is 1.12. The Bertz CT molecular complexity index is 483. The highest BCUT2D eigenvalue weighted by Gasteiger charge is 2.36. The van der Waals surface area contributed by atoms with Crippen molar-refractivity contribution in [2.45, 2.75) is 31.9 Å². The predicted molar refractivity (Wildman–Crippen MR) is 89.2 cm³/mol. The first-order valence-electron chi connectivity index (χ1n) is 7.94. The van der Waals surface area contributed by atoms with Gasteiger partial charge in [-0.1, -0.05) is 30.3 Å². The third-order valence-corrected chi connectivity index (χ3v) is 4.45. The summed E-state index contributed by atoms with van der Waals surface area (Å²) in [7, 11) is 0. The van der Waals surface area contributed by atoms with Crippen molar-refractivity contribution in [1.82, 2.24) is 10.2 Å². The van der Waals surface area contributed by atoms with Crippen molar-refractivity contribution in [2.24, 2.45) is 5.92 Å². The van der Waals surface area contributed by atoms with Crippen LogP contribution in [-0.4, -0.2) is 43.1 Å². The third kappa shape index (κ3) is 3.80. The van der Waals surface area contributed by atoms with Gasteiger partial charge in [0.2, 0.25) is 5.91 Å². The van der Waals surface area contributed by atoms with E-state index in [1.165, 1.54) is 0 Å². The molecule has 0 aliphatic carbocycles. The molecular formula is C17H25ClN2O2. The highest BCUT2D eigenvalue weighted by atomic mass is 35.5. The largest absolute Gasteiger partial charge is 0.373 e. The molecule has 3 unspecified atom stereocenters. The van der Waals surface area contributed by atoms with Gasteiger partial charge in [-0.2, -0.15) is 0 Å². The molecule has 3 atom stereocenters. The van der Waals surface area contributed by atoms with E-state index in [9.17, 15) is 4.79 Å². The van der Waals surface area contributed by atoms with Gasteiger partial charge in [-0.05, 0) is 25.3 Å². The molecule has 2 fully saturated rings. The van der Waals surface area contributed by atoms with Crippen molar-refractivity contribution in [1.29, 1.82) is 0 Å². The molecule has 1 aromatic rings. The maximum absolute atomic E-state index is 12.9. The number of hydrogen-bond donors (Lipinski definition) is 1. The molecular weight excluding hydrogens is 300 g/mol. The summed E-state index contributed by atoms with van der Waals surface area (Å²) in [6.07, 6.45) is 1.82. The number of piperazine rings is 1. The van der Waals surface area contributed by atoms with E-state index < -0.39 is 0 Å². The van der Waals surface area contributed by atoms with Crippen molar-refractivity contribution in [2.75, 3.05) is 26.2 Å². The van der Waals surface area contributed by atoms with E-state index in [1.54, 1.807) is 0 Å². The van der Waals surface area contributed by atoms with Crippen molar-refractivity contribution < 1.29 is 9.53 Å². The minimum atomic E-state index is -0.0855. The van der Waals surface area contributed by atoms with Gasteiger partial charge >= 0.3 is 0 Å². The Kier molecular flexibility index (Phi) is 6.24. The zero-order valence-corrected chi connectivity index (χ0v) is 13.8. The van der Waals surface area contributed by atoms with E-state index in [1.807, 2.05) is 23.1 Å². The van der Waals surface area contributed by atoms with Gasteiger partial charge in [-0.15, -0.1) is 12.4 Å². The van der Waals surface area contributed by atoms with Crippen LogP contribution in [0, 0.1) is 5.92 Å². The molecule has 4 nitrogen and oxygen atoms in total. The first kappa shape index (κ1) is 17.3. The smallest absolute Gasteiger partial charge is 0.228 e. The maximum atomic E-state index is 12.9. The second-order valence-corrected chi connectivity index (χ2v) is 6.09. The van der Waals surface area contributed by atoms with Crippen molar-refractivity contribution in [3.05, 3.63) is 35.9 Å². The van der Waals surface area contributed by atoms with Crippen LogP contribution in [0.5, 0.6) is 0 Å². The average molecular weight is 325 g/mol.